The van der Waals surface area contributed by atoms with Gasteiger partial charge in [0.05, 0.1) is 6.54 Å². The third-order valence-corrected chi connectivity index (χ3v) is 4.48. The molecule has 132 valence electrons. The number of hydrogen-bond donors (Lipinski definition) is 2. The van der Waals surface area contributed by atoms with E-state index in [1.165, 1.54) is 12.1 Å². The van der Waals surface area contributed by atoms with Crippen LogP contribution in [0.25, 0.3) is 5.69 Å². The lowest BCUT2D eigenvalue weighted by atomic mass is 10.0. The average Bonchev–Trinajstić information content (AvgIpc) is 3.06. The molecule has 1 aromatic heterocycles. The number of para-hydroxylation sites is 1. The van der Waals surface area contributed by atoms with Gasteiger partial charge < -0.3 is 10.6 Å². The second-order valence-electron chi connectivity index (χ2n) is 6.20. The number of halogens is 1. The van der Waals surface area contributed by atoms with Gasteiger partial charge in [-0.25, -0.2) is 4.39 Å². The number of fused-ring (bicyclic) bond motifs is 1. The van der Waals surface area contributed by atoms with Crippen LogP contribution >= 0.6 is 0 Å². The van der Waals surface area contributed by atoms with Gasteiger partial charge in [0.15, 0.2) is 5.82 Å². The summed E-state index contributed by atoms with van der Waals surface area (Å²) in [5, 5.41) is 14.4. The van der Waals surface area contributed by atoms with E-state index in [1.54, 1.807) is 12.4 Å². The summed E-state index contributed by atoms with van der Waals surface area (Å²) in [5.74, 6) is 0.367. The second kappa shape index (κ2) is 7.05. The molecule has 1 unspecified atom stereocenters. The Labute approximate surface area is 150 Å². The van der Waals surface area contributed by atoms with Crippen molar-refractivity contribution in [3.8, 4) is 5.69 Å². The quantitative estimate of drug-likeness (QED) is 0.758. The molecule has 0 saturated heterocycles. The Bertz CT molecular complexity index is 925. The molecule has 2 heterocycles. The van der Waals surface area contributed by atoms with Gasteiger partial charge in [-0.05, 0) is 42.3 Å². The highest BCUT2D eigenvalue weighted by Gasteiger charge is 2.23. The van der Waals surface area contributed by atoms with E-state index in [0.717, 1.165) is 17.1 Å². The van der Waals surface area contributed by atoms with Crippen molar-refractivity contribution in [3.63, 3.8) is 0 Å². The van der Waals surface area contributed by atoms with E-state index in [2.05, 4.69) is 20.8 Å². The average molecular weight is 351 g/mol. The van der Waals surface area contributed by atoms with Crippen LogP contribution in [0, 0.1) is 5.82 Å². The summed E-state index contributed by atoms with van der Waals surface area (Å²) in [6, 6.07) is 14.1. The van der Waals surface area contributed by atoms with Crippen LogP contribution in [-0.4, -0.2) is 20.7 Å². The van der Waals surface area contributed by atoms with Crippen molar-refractivity contribution in [1.82, 2.24) is 20.1 Å². The normalized spacial score (nSPS) is 16.7. The second-order valence-corrected chi connectivity index (χ2v) is 6.20. The van der Waals surface area contributed by atoms with E-state index in [-0.39, 0.29) is 17.8 Å². The zero-order chi connectivity index (χ0) is 17.9. The number of nitrogens with zero attached hydrogens (tertiary/aromatic N) is 3. The molecule has 2 N–H and O–H groups in total. The van der Waals surface area contributed by atoms with Gasteiger partial charge in [-0.2, -0.15) is 0 Å². The van der Waals surface area contributed by atoms with Crippen LogP contribution in [0.3, 0.4) is 0 Å². The minimum Gasteiger partial charge on any atom is -0.326 e. The number of amides is 1. The van der Waals surface area contributed by atoms with Crippen molar-refractivity contribution >= 4 is 11.6 Å². The highest BCUT2D eigenvalue weighted by Crippen LogP contribution is 2.30. The molecule has 1 aliphatic heterocycles. The third kappa shape index (κ3) is 3.34. The summed E-state index contributed by atoms with van der Waals surface area (Å²) in [6.45, 7) is 0.448. The molecule has 4 rings (SSSR count). The fraction of sp³-hybridized carbons (Fsp3) is 0.211. The van der Waals surface area contributed by atoms with Crippen LogP contribution in [0.15, 0.2) is 54.9 Å². The van der Waals surface area contributed by atoms with Gasteiger partial charge in [-0.3, -0.25) is 9.36 Å². The van der Waals surface area contributed by atoms with Crippen molar-refractivity contribution in [3.05, 3.63) is 72.1 Å². The minimum absolute atomic E-state index is 0.0605. The van der Waals surface area contributed by atoms with Gasteiger partial charge in [0.1, 0.15) is 12.1 Å². The third-order valence-electron chi connectivity index (χ3n) is 4.48. The maximum absolute atomic E-state index is 13.7. The van der Waals surface area contributed by atoms with Crippen LogP contribution < -0.4 is 10.6 Å². The van der Waals surface area contributed by atoms with E-state index in [1.807, 2.05) is 34.9 Å². The minimum atomic E-state index is -0.320. The Morgan fingerprint density at radius 2 is 2.08 bits per heavy atom. The maximum atomic E-state index is 13.7. The Hall–Kier alpha value is -3.06. The number of nitrogens with one attached hydrogen (secondary N) is 2. The van der Waals surface area contributed by atoms with Crippen molar-refractivity contribution in [2.45, 2.75) is 25.4 Å². The molecule has 0 bridgehead atoms. The first-order valence-corrected chi connectivity index (χ1v) is 8.48. The number of carbonyl (C=O) groups excluding carboxylic acids is 1. The van der Waals surface area contributed by atoms with Crippen molar-refractivity contribution in [1.29, 1.82) is 0 Å². The monoisotopic (exact) mass is 351 g/mol. The maximum Gasteiger partial charge on any atom is 0.224 e. The SMILES string of the molecule is O=C1CCC(NCc2nncn2-c2ccccc2)c2cc(F)ccc2N1. The van der Waals surface area contributed by atoms with Crippen molar-refractivity contribution in [2.24, 2.45) is 0 Å². The van der Waals surface area contributed by atoms with E-state index in [4.69, 9.17) is 0 Å². The fourth-order valence-electron chi connectivity index (χ4n) is 3.19. The number of benzene rings is 2. The lowest BCUT2D eigenvalue weighted by Crippen LogP contribution is -2.23. The van der Waals surface area contributed by atoms with Crippen molar-refractivity contribution < 1.29 is 9.18 Å². The van der Waals surface area contributed by atoms with Gasteiger partial charge in [0, 0.05) is 23.8 Å². The Kier molecular flexibility index (Phi) is 4.45. The Morgan fingerprint density at radius 3 is 2.92 bits per heavy atom. The Morgan fingerprint density at radius 1 is 1.23 bits per heavy atom. The largest absolute Gasteiger partial charge is 0.326 e. The zero-order valence-electron chi connectivity index (χ0n) is 14.0. The number of aromatic nitrogens is 3. The molecule has 0 fully saturated rings. The molecular weight excluding hydrogens is 333 g/mol. The number of hydrogen-bond acceptors (Lipinski definition) is 4. The standard InChI is InChI=1S/C19H18FN5O/c20-13-6-7-17-15(10-13)16(8-9-19(26)23-17)21-11-18-24-22-12-25(18)14-4-2-1-3-5-14/h1-7,10,12,16,21H,8-9,11H2,(H,23,26). The van der Waals surface area contributed by atoms with Crippen molar-refractivity contribution in [2.75, 3.05) is 5.32 Å². The molecule has 1 aliphatic rings. The van der Waals surface area contributed by atoms with E-state index < -0.39 is 0 Å². The summed E-state index contributed by atoms with van der Waals surface area (Å²) >= 11 is 0. The summed E-state index contributed by atoms with van der Waals surface area (Å²) in [5.41, 5.74) is 2.37. The molecule has 0 spiro atoms. The molecule has 0 saturated carbocycles. The fourth-order valence-corrected chi connectivity index (χ4v) is 3.19. The highest BCUT2D eigenvalue weighted by atomic mass is 19.1. The van der Waals surface area contributed by atoms with Gasteiger partial charge in [-0.15, -0.1) is 10.2 Å². The van der Waals surface area contributed by atoms with Gasteiger partial charge in [-0.1, -0.05) is 18.2 Å². The summed E-state index contributed by atoms with van der Waals surface area (Å²) in [4.78, 5) is 11.9. The van der Waals surface area contributed by atoms with Gasteiger partial charge in [0.2, 0.25) is 5.91 Å². The molecule has 0 radical (unpaired) electrons. The van der Waals surface area contributed by atoms with E-state index in [0.29, 0.717) is 25.1 Å². The predicted octanol–water partition coefficient (Wildman–Crippen LogP) is 2.97. The topological polar surface area (TPSA) is 71.8 Å². The predicted molar refractivity (Wildman–Crippen MR) is 95.2 cm³/mol. The molecular formula is C19H18FN5O. The van der Waals surface area contributed by atoms with Gasteiger partial charge in [0.25, 0.3) is 0 Å². The number of rotatable bonds is 4. The van der Waals surface area contributed by atoms with Crippen LogP contribution in [-0.2, 0) is 11.3 Å². The lowest BCUT2D eigenvalue weighted by Gasteiger charge is -2.19. The molecule has 0 aliphatic carbocycles. The molecule has 6 nitrogen and oxygen atoms in total. The molecule has 2 aromatic carbocycles. The van der Waals surface area contributed by atoms with Crippen LogP contribution in [0.1, 0.15) is 30.3 Å². The molecule has 1 amide bonds. The summed E-state index contributed by atoms with van der Waals surface area (Å²) in [7, 11) is 0. The van der Waals surface area contributed by atoms with Crippen LogP contribution in [0.5, 0.6) is 0 Å². The summed E-state index contributed by atoms with van der Waals surface area (Å²) in [6.07, 6.45) is 2.62. The zero-order valence-corrected chi connectivity index (χ0v) is 14.0. The smallest absolute Gasteiger partial charge is 0.224 e. The van der Waals surface area contributed by atoms with E-state index >= 15 is 0 Å². The van der Waals surface area contributed by atoms with Crippen LogP contribution in [0.4, 0.5) is 10.1 Å². The molecule has 3 aromatic rings. The summed E-state index contributed by atoms with van der Waals surface area (Å²) < 4.78 is 15.6. The Balaban J connectivity index is 1.57. The lowest BCUT2D eigenvalue weighted by molar-refractivity contribution is -0.116. The van der Waals surface area contributed by atoms with E-state index in [9.17, 15) is 9.18 Å². The first-order valence-electron chi connectivity index (χ1n) is 8.48. The first-order chi connectivity index (χ1) is 12.7. The first kappa shape index (κ1) is 16.4. The molecule has 1 atom stereocenters. The highest BCUT2D eigenvalue weighted by molar-refractivity contribution is 5.92. The molecule has 26 heavy (non-hydrogen) atoms. The molecule has 7 heteroatoms. The van der Waals surface area contributed by atoms with Crippen LogP contribution in [0.2, 0.25) is 0 Å². The number of carbonyl (C=O) groups is 1. The van der Waals surface area contributed by atoms with Gasteiger partial charge >= 0.3 is 0 Å². The number of anilines is 1.